The monoisotopic (exact) mass is 290 g/mol. The van der Waals surface area contributed by atoms with Gasteiger partial charge in [0.1, 0.15) is 17.3 Å². The fraction of sp³-hybridized carbons (Fsp3) is 0.533. The standard InChI is InChI=1S/C15H22N4O2/c1-9(2)13-16-14(18-17-13)15(20)19(10(3)4)8-12-7-6-11(5)21-12/h6-7,9-10H,8H2,1-5H3,(H,16,17,18). The highest BCUT2D eigenvalue weighted by atomic mass is 16.3. The molecule has 0 radical (unpaired) electrons. The number of furan rings is 1. The number of carbonyl (C=O) groups excluding carboxylic acids is 1. The molecule has 2 aromatic heterocycles. The van der Waals surface area contributed by atoms with Gasteiger partial charge in [0, 0.05) is 12.0 Å². The minimum atomic E-state index is -0.192. The molecule has 2 rings (SSSR count). The first-order valence-electron chi connectivity index (χ1n) is 7.17. The molecule has 0 aliphatic carbocycles. The third kappa shape index (κ3) is 3.51. The highest BCUT2D eigenvalue weighted by Gasteiger charge is 2.24. The Labute approximate surface area is 124 Å². The molecule has 0 aromatic carbocycles. The summed E-state index contributed by atoms with van der Waals surface area (Å²) in [5, 5.41) is 6.85. The Kier molecular flexibility index (Phi) is 4.45. The van der Waals surface area contributed by atoms with Crippen LogP contribution in [0, 0.1) is 6.92 Å². The molecule has 21 heavy (non-hydrogen) atoms. The van der Waals surface area contributed by atoms with Crippen molar-refractivity contribution in [3.63, 3.8) is 0 Å². The Bertz CT molecular complexity index is 613. The van der Waals surface area contributed by atoms with Gasteiger partial charge in [-0.25, -0.2) is 4.98 Å². The van der Waals surface area contributed by atoms with Crippen LogP contribution in [0.15, 0.2) is 16.5 Å². The van der Waals surface area contributed by atoms with Crippen LogP contribution in [0.4, 0.5) is 0 Å². The van der Waals surface area contributed by atoms with E-state index < -0.39 is 0 Å². The molecule has 1 N–H and O–H groups in total. The molecule has 2 aromatic rings. The predicted octanol–water partition coefficient (Wildman–Crippen LogP) is 2.88. The molecule has 6 heteroatoms. The molecule has 6 nitrogen and oxygen atoms in total. The average molecular weight is 290 g/mol. The molecular weight excluding hydrogens is 268 g/mol. The van der Waals surface area contributed by atoms with Gasteiger partial charge in [-0.2, -0.15) is 0 Å². The summed E-state index contributed by atoms with van der Waals surface area (Å²) in [4.78, 5) is 18.5. The lowest BCUT2D eigenvalue weighted by Crippen LogP contribution is -2.37. The van der Waals surface area contributed by atoms with Gasteiger partial charge in [-0.1, -0.05) is 13.8 Å². The summed E-state index contributed by atoms with van der Waals surface area (Å²) in [7, 11) is 0. The number of aromatic amines is 1. The first kappa shape index (κ1) is 15.3. The molecule has 0 unspecified atom stereocenters. The summed E-state index contributed by atoms with van der Waals surface area (Å²) in [5.41, 5.74) is 0. The number of aryl methyl sites for hydroxylation is 1. The Morgan fingerprint density at radius 3 is 2.52 bits per heavy atom. The minimum Gasteiger partial charge on any atom is -0.464 e. The Morgan fingerprint density at radius 1 is 1.33 bits per heavy atom. The van der Waals surface area contributed by atoms with Crippen molar-refractivity contribution < 1.29 is 9.21 Å². The van der Waals surface area contributed by atoms with Crippen LogP contribution in [-0.2, 0) is 6.54 Å². The van der Waals surface area contributed by atoms with E-state index in [1.165, 1.54) is 0 Å². The second kappa shape index (κ2) is 6.11. The summed E-state index contributed by atoms with van der Waals surface area (Å²) >= 11 is 0. The molecule has 0 saturated carbocycles. The zero-order valence-corrected chi connectivity index (χ0v) is 13.2. The van der Waals surface area contributed by atoms with Crippen LogP contribution in [0.25, 0.3) is 0 Å². The van der Waals surface area contributed by atoms with E-state index in [-0.39, 0.29) is 23.7 Å². The van der Waals surface area contributed by atoms with Crippen molar-refractivity contribution in [2.75, 3.05) is 0 Å². The van der Waals surface area contributed by atoms with Gasteiger partial charge < -0.3 is 9.32 Å². The summed E-state index contributed by atoms with van der Waals surface area (Å²) in [6.07, 6.45) is 0. The quantitative estimate of drug-likeness (QED) is 0.918. The highest BCUT2D eigenvalue weighted by Crippen LogP contribution is 2.15. The molecule has 0 atom stereocenters. The number of carbonyl (C=O) groups is 1. The molecule has 0 spiro atoms. The van der Waals surface area contributed by atoms with Crippen molar-refractivity contribution in [2.24, 2.45) is 0 Å². The van der Waals surface area contributed by atoms with Crippen LogP contribution in [0.1, 0.15) is 61.6 Å². The molecule has 0 fully saturated rings. The van der Waals surface area contributed by atoms with E-state index in [9.17, 15) is 4.79 Å². The molecule has 114 valence electrons. The van der Waals surface area contributed by atoms with Crippen molar-refractivity contribution >= 4 is 5.91 Å². The molecule has 0 saturated heterocycles. The lowest BCUT2D eigenvalue weighted by molar-refractivity contribution is 0.0663. The van der Waals surface area contributed by atoms with Gasteiger partial charge in [-0.3, -0.25) is 9.89 Å². The second-order valence-electron chi connectivity index (χ2n) is 5.74. The largest absolute Gasteiger partial charge is 0.464 e. The smallest absolute Gasteiger partial charge is 0.294 e. The third-order valence-corrected chi connectivity index (χ3v) is 3.25. The molecule has 0 aliphatic heterocycles. The van der Waals surface area contributed by atoms with Crippen LogP contribution < -0.4 is 0 Å². The third-order valence-electron chi connectivity index (χ3n) is 3.25. The Morgan fingerprint density at radius 2 is 2.05 bits per heavy atom. The zero-order chi connectivity index (χ0) is 15.6. The van der Waals surface area contributed by atoms with Crippen LogP contribution >= 0.6 is 0 Å². The average Bonchev–Trinajstić information content (AvgIpc) is 3.03. The van der Waals surface area contributed by atoms with Gasteiger partial charge in [-0.05, 0) is 32.9 Å². The van der Waals surface area contributed by atoms with Gasteiger partial charge in [0.15, 0.2) is 0 Å². The van der Waals surface area contributed by atoms with Crippen LogP contribution in [0.3, 0.4) is 0 Å². The predicted molar refractivity (Wildman–Crippen MR) is 78.9 cm³/mol. The van der Waals surface area contributed by atoms with Gasteiger partial charge in [0.25, 0.3) is 5.91 Å². The summed E-state index contributed by atoms with van der Waals surface area (Å²) < 4.78 is 5.55. The minimum absolute atomic E-state index is 0.0314. The second-order valence-corrected chi connectivity index (χ2v) is 5.74. The number of amides is 1. The van der Waals surface area contributed by atoms with E-state index >= 15 is 0 Å². The fourth-order valence-electron chi connectivity index (χ4n) is 1.98. The fourth-order valence-corrected chi connectivity index (χ4v) is 1.98. The van der Waals surface area contributed by atoms with Gasteiger partial charge >= 0.3 is 0 Å². The van der Waals surface area contributed by atoms with Crippen molar-refractivity contribution in [1.29, 1.82) is 0 Å². The molecule has 0 bridgehead atoms. The van der Waals surface area contributed by atoms with Crippen molar-refractivity contribution in [3.8, 4) is 0 Å². The van der Waals surface area contributed by atoms with Crippen molar-refractivity contribution in [2.45, 2.75) is 53.1 Å². The van der Waals surface area contributed by atoms with Crippen LogP contribution in [0.5, 0.6) is 0 Å². The summed E-state index contributed by atoms with van der Waals surface area (Å²) in [5.74, 6) is 2.53. The van der Waals surface area contributed by atoms with Crippen molar-refractivity contribution in [1.82, 2.24) is 20.1 Å². The summed E-state index contributed by atoms with van der Waals surface area (Å²) in [6, 6.07) is 3.81. The topological polar surface area (TPSA) is 75.0 Å². The van der Waals surface area contributed by atoms with Gasteiger partial charge in [0.2, 0.25) is 5.82 Å². The first-order valence-corrected chi connectivity index (χ1v) is 7.17. The van der Waals surface area contributed by atoms with E-state index in [0.29, 0.717) is 6.54 Å². The summed E-state index contributed by atoms with van der Waals surface area (Å²) in [6.45, 7) is 10.2. The van der Waals surface area contributed by atoms with Crippen LogP contribution in [-0.4, -0.2) is 32.0 Å². The maximum Gasteiger partial charge on any atom is 0.294 e. The maximum absolute atomic E-state index is 12.6. The number of hydrogen-bond acceptors (Lipinski definition) is 4. The normalized spacial score (nSPS) is 11.4. The molecule has 2 heterocycles. The zero-order valence-electron chi connectivity index (χ0n) is 13.2. The lowest BCUT2D eigenvalue weighted by Gasteiger charge is -2.24. The van der Waals surface area contributed by atoms with E-state index in [4.69, 9.17) is 4.42 Å². The number of hydrogen-bond donors (Lipinski definition) is 1. The van der Waals surface area contributed by atoms with E-state index in [1.807, 2.05) is 46.8 Å². The Balaban J connectivity index is 2.18. The highest BCUT2D eigenvalue weighted by molar-refractivity contribution is 5.90. The van der Waals surface area contributed by atoms with E-state index in [0.717, 1.165) is 17.3 Å². The van der Waals surface area contributed by atoms with E-state index in [2.05, 4.69) is 15.2 Å². The van der Waals surface area contributed by atoms with Crippen LogP contribution in [0.2, 0.25) is 0 Å². The lowest BCUT2D eigenvalue weighted by atomic mass is 10.2. The molecular formula is C15H22N4O2. The maximum atomic E-state index is 12.6. The first-order chi connectivity index (χ1) is 9.88. The number of nitrogens with zero attached hydrogens (tertiary/aromatic N) is 3. The number of nitrogens with one attached hydrogen (secondary N) is 1. The van der Waals surface area contributed by atoms with E-state index in [1.54, 1.807) is 4.90 Å². The molecule has 0 aliphatic rings. The Hall–Kier alpha value is -2.11. The van der Waals surface area contributed by atoms with Gasteiger partial charge in [-0.15, -0.1) is 5.10 Å². The van der Waals surface area contributed by atoms with Crippen molar-refractivity contribution in [3.05, 3.63) is 35.3 Å². The van der Waals surface area contributed by atoms with Gasteiger partial charge in [0.05, 0.1) is 6.54 Å². The number of aromatic nitrogens is 3. The SMILES string of the molecule is Cc1ccc(CN(C(=O)c2n[nH]c(C(C)C)n2)C(C)C)o1. The molecule has 1 amide bonds. The number of H-pyrrole nitrogens is 1. The number of rotatable bonds is 5.